The van der Waals surface area contributed by atoms with Gasteiger partial charge < -0.3 is 5.11 Å². The maximum Gasteiger partial charge on any atom is 0.122 e. The summed E-state index contributed by atoms with van der Waals surface area (Å²) in [6.07, 6.45) is 5.91. The van der Waals surface area contributed by atoms with E-state index in [-0.39, 0.29) is 5.41 Å². The minimum atomic E-state index is -0.0561. The first kappa shape index (κ1) is 11.7. The number of terminal acetylenes is 1. The van der Waals surface area contributed by atoms with Crippen LogP contribution in [0.3, 0.4) is 0 Å². The van der Waals surface area contributed by atoms with Crippen molar-refractivity contribution < 1.29 is 5.11 Å². The molecule has 0 atom stereocenters. The van der Waals surface area contributed by atoms with Gasteiger partial charge in [-0.15, -0.1) is 12.3 Å². The highest BCUT2D eigenvalue weighted by Gasteiger charge is 2.19. The van der Waals surface area contributed by atoms with Crippen molar-refractivity contribution >= 4 is 0 Å². The highest BCUT2D eigenvalue weighted by Crippen LogP contribution is 2.34. The van der Waals surface area contributed by atoms with E-state index in [0.29, 0.717) is 12.2 Å². The van der Waals surface area contributed by atoms with Gasteiger partial charge in [0.15, 0.2) is 0 Å². The van der Waals surface area contributed by atoms with Crippen LogP contribution in [0.4, 0.5) is 0 Å². The molecule has 1 aromatic rings. The maximum atomic E-state index is 9.97. The number of aryl methyl sites for hydroxylation is 1. The Morgan fingerprint density at radius 2 is 1.93 bits per heavy atom. The molecule has 0 aliphatic rings. The molecule has 0 heterocycles. The smallest absolute Gasteiger partial charge is 0.122 e. The van der Waals surface area contributed by atoms with Crippen LogP contribution in [-0.2, 0) is 11.8 Å². The van der Waals surface area contributed by atoms with Gasteiger partial charge in [-0.1, -0.05) is 32.9 Å². The molecule has 0 bridgehead atoms. The lowest BCUT2D eigenvalue weighted by Gasteiger charge is -2.22. The number of aromatic hydroxyl groups is 1. The largest absolute Gasteiger partial charge is 0.507 e. The van der Waals surface area contributed by atoms with Crippen LogP contribution in [-0.4, -0.2) is 5.11 Å². The van der Waals surface area contributed by atoms with Crippen LogP contribution in [0.2, 0.25) is 0 Å². The van der Waals surface area contributed by atoms with E-state index in [4.69, 9.17) is 6.42 Å². The Hall–Kier alpha value is -1.42. The Morgan fingerprint density at radius 3 is 2.40 bits per heavy atom. The number of phenolic OH excluding ortho intramolecular Hbond substituents is 1. The molecule has 1 rings (SSSR count). The molecule has 0 spiro atoms. The molecule has 1 aromatic carbocycles. The van der Waals surface area contributed by atoms with Crippen LogP contribution in [0.15, 0.2) is 12.1 Å². The molecule has 1 N–H and O–H groups in total. The summed E-state index contributed by atoms with van der Waals surface area (Å²) in [5, 5.41) is 9.97. The number of phenols is 1. The number of hydrogen-bond donors (Lipinski definition) is 1. The van der Waals surface area contributed by atoms with Gasteiger partial charge in [-0.2, -0.15) is 0 Å². The summed E-state index contributed by atoms with van der Waals surface area (Å²) >= 11 is 0. The standard InChI is InChI=1S/C14H18O/c1-6-7-11-8-10(2)13(15)12(9-11)14(3,4)5/h1,8-9,15H,7H2,2-5H3. The molecule has 0 saturated carbocycles. The first-order chi connectivity index (χ1) is 6.86. The number of rotatable bonds is 1. The molecule has 1 nitrogen and oxygen atoms in total. The lowest BCUT2D eigenvalue weighted by molar-refractivity contribution is 0.442. The summed E-state index contributed by atoms with van der Waals surface area (Å²) in [4.78, 5) is 0. The summed E-state index contributed by atoms with van der Waals surface area (Å²) in [5.41, 5.74) is 2.90. The van der Waals surface area contributed by atoms with Crippen molar-refractivity contribution in [3.05, 3.63) is 28.8 Å². The third-order valence-electron chi connectivity index (χ3n) is 2.47. The molecule has 0 aliphatic heterocycles. The first-order valence-electron chi connectivity index (χ1n) is 5.12. The molecule has 0 amide bonds. The van der Waals surface area contributed by atoms with Crippen molar-refractivity contribution in [3.63, 3.8) is 0 Å². The van der Waals surface area contributed by atoms with E-state index >= 15 is 0 Å². The van der Waals surface area contributed by atoms with E-state index in [2.05, 4.69) is 26.7 Å². The third kappa shape index (κ3) is 2.53. The topological polar surface area (TPSA) is 20.2 Å². The zero-order chi connectivity index (χ0) is 11.6. The lowest BCUT2D eigenvalue weighted by atomic mass is 9.84. The van der Waals surface area contributed by atoms with Crippen LogP contribution in [0.25, 0.3) is 0 Å². The fourth-order valence-electron chi connectivity index (χ4n) is 1.65. The van der Waals surface area contributed by atoms with Crippen molar-refractivity contribution in [1.29, 1.82) is 0 Å². The van der Waals surface area contributed by atoms with E-state index in [0.717, 1.165) is 16.7 Å². The molecule has 0 saturated heterocycles. The van der Waals surface area contributed by atoms with Crippen molar-refractivity contribution in [2.75, 3.05) is 0 Å². The van der Waals surface area contributed by atoms with Gasteiger partial charge in [0.1, 0.15) is 5.75 Å². The Balaban J connectivity index is 3.33. The monoisotopic (exact) mass is 202 g/mol. The van der Waals surface area contributed by atoms with E-state index in [1.165, 1.54) is 0 Å². The third-order valence-corrected chi connectivity index (χ3v) is 2.47. The number of benzene rings is 1. The van der Waals surface area contributed by atoms with E-state index in [1.807, 2.05) is 19.1 Å². The summed E-state index contributed by atoms with van der Waals surface area (Å²) in [6, 6.07) is 3.95. The summed E-state index contributed by atoms with van der Waals surface area (Å²) in [7, 11) is 0. The Kier molecular flexibility index (Phi) is 3.09. The van der Waals surface area contributed by atoms with E-state index in [9.17, 15) is 5.11 Å². The maximum absolute atomic E-state index is 9.97. The first-order valence-corrected chi connectivity index (χ1v) is 5.12. The van der Waals surface area contributed by atoms with Gasteiger partial charge in [-0.05, 0) is 29.0 Å². The van der Waals surface area contributed by atoms with Crippen molar-refractivity contribution in [3.8, 4) is 18.1 Å². The lowest BCUT2D eigenvalue weighted by Crippen LogP contribution is -2.12. The molecular formula is C14H18O. The number of hydrogen-bond acceptors (Lipinski definition) is 1. The van der Waals surface area contributed by atoms with Crippen molar-refractivity contribution in [1.82, 2.24) is 0 Å². The van der Waals surface area contributed by atoms with Gasteiger partial charge in [0.05, 0.1) is 0 Å². The zero-order valence-electron chi connectivity index (χ0n) is 9.89. The quantitative estimate of drug-likeness (QED) is 0.693. The Bertz CT molecular complexity index is 403. The van der Waals surface area contributed by atoms with Crippen LogP contribution in [0, 0.1) is 19.3 Å². The van der Waals surface area contributed by atoms with Gasteiger partial charge in [-0.3, -0.25) is 0 Å². The normalized spacial score (nSPS) is 11.1. The molecule has 80 valence electrons. The molecule has 0 radical (unpaired) electrons. The minimum absolute atomic E-state index is 0.0561. The van der Waals surface area contributed by atoms with Gasteiger partial charge in [0, 0.05) is 6.42 Å². The highest BCUT2D eigenvalue weighted by atomic mass is 16.3. The average Bonchev–Trinajstić information content (AvgIpc) is 2.09. The highest BCUT2D eigenvalue weighted by molar-refractivity contribution is 5.47. The van der Waals surface area contributed by atoms with Gasteiger partial charge in [0.2, 0.25) is 0 Å². The van der Waals surface area contributed by atoms with Crippen LogP contribution in [0.5, 0.6) is 5.75 Å². The SMILES string of the molecule is C#CCc1cc(C)c(O)c(C(C)(C)C)c1. The minimum Gasteiger partial charge on any atom is -0.507 e. The zero-order valence-corrected chi connectivity index (χ0v) is 9.89. The second-order valence-corrected chi connectivity index (χ2v) is 4.94. The van der Waals surface area contributed by atoms with Crippen molar-refractivity contribution in [2.24, 2.45) is 0 Å². The summed E-state index contributed by atoms with van der Waals surface area (Å²) in [6.45, 7) is 8.16. The predicted molar refractivity (Wildman–Crippen MR) is 64.1 cm³/mol. The van der Waals surface area contributed by atoms with E-state index in [1.54, 1.807) is 0 Å². The van der Waals surface area contributed by atoms with E-state index < -0.39 is 0 Å². The van der Waals surface area contributed by atoms with Crippen LogP contribution in [0.1, 0.15) is 37.5 Å². The Morgan fingerprint density at radius 1 is 1.33 bits per heavy atom. The molecule has 0 aromatic heterocycles. The molecule has 1 heteroatoms. The second-order valence-electron chi connectivity index (χ2n) is 4.94. The summed E-state index contributed by atoms with van der Waals surface area (Å²) in [5.74, 6) is 3.02. The second kappa shape index (κ2) is 3.98. The fourth-order valence-corrected chi connectivity index (χ4v) is 1.65. The van der Waals surface area contributed by atoms with Gasteiger partial charge in [0.25, 0.3) is 0 Å². The molecule has 0 fully saturated rings. The van der Waals surface area contributed by atoms with Crippen molar-refractivity contribution in [2.45, 2.75) is 39.5 Å². The average molecular weight is 202 g/mol. The molecular weight excluding hydrogens is 184 g/mol. The molecule has 0 unspecified atom stereocenters. The fraction of sp³-hybridized carbons (Fsp3) is 0.429. The molecule has 0 aliphatic carbocycles. The van der Waals surface area contributed by atoms with Gasteiger partial charge in [-0.25, -0.2) is 0 Å². The van der Waals surface area contributed by atoms with Crippen LogP contribution >= 0.6 is 0 Å². The predicted octanol–water partition coefficient (Wildman–Crippen LogP) is 3.17. The van der Waals surface area contributed by atoms with Gasteiger partial charge >= 0.3 is 0 Å². The van der Waals surface area contributed by atoms with Crippen LogP contribution < -0.4 is 0 Å². The summed E-state index contributed by atoms with van der Waals surface area (Å²) < 4.78 is 0. The Labute approximate surface area is 92.1 Å². The molecule has 15 heavy (non-hydrogen) atoms.